The normalized spacial score (nSPS) is 44.5. The van der Waals surface area contributed by atoms with Gasteiger partial charge in [-0.05, 0) is 50.4 Å². The number of allylic oxidation sites excluding steroid dienone is 2. The van der Waals surface area contributed by atoms with Crippen molar-refractivity contribution in [3.05, 3.63) is 11.1 Å². The van der Waals surface area contributed by atoms with E-state index in [1.807, 2.05) is 0 Å². The van der Waals surface area contributed by atoms with E-state index in [0.29, 0.717) is 11.3 Å². The zero-order chi connectivity index (χ0) is 14.6. The summed E-state index contributed by atoms with van der Waals surface area (Å²) in [7, 11) is 0. The summed E-state index contributed by atoms with van der Waals surface area (Å²) in [5, 5.41) is 3.65. The van der Waals surface area contributed by atoms with E-state index in [1.165, 1.54) is 32.1 Å². The molecule has 3 rings (SSSR count). The molecular weight excluding hydrogens is 246 g/mol. The Kier molecular flexibility index (Phi) is 3.34. The van der Waals surface area contributed by atoms with Crippen molar-refractivity contribution >= 4 is 0 Å². The summed E-state index contributed by atoms with van der Waals surface area (Å²) < 4.78 is 6.17. The van der Waals surface area contributed by atoms with E-state index in [2.05, 4.69) is 39.9 Å². The molecule has 1 aliphatic heterocycles. The van der Waals surface area contributed by atoms with E-state index in [-0.39, 0.29) is 11.1 Å². The SMILES string of the molecule is C[C@@H]1CC2=C(C[C@@]1(C)[C@@]1(C)NCCO1)C(C)(C)CCC2. The molecule has 0 unspecified atom stereocenters. The third-order valence-corrected chi connectivity index (χ3v) is 6.75. The molecule has 0 aromatic carbocycles. The van der Waals surface area contributed by atoms with Crippen molar-refractivity contribution in [1.29, 1.82) is 0 Å². The third-order valence-electron chi connectivity index (χ3n) is 6.75. The first-order chi connectivity index (χ1) is 9.29. The van der Waals surface area contributed by atoms with E-state index in [9.17, 15) is 0 Å². The molecule has 2 aliphatic carbocycles. The molecule has 2 heteroatoms. The molecule has 0 spiro atoms. The second-order valence-electron chi connectivity index (χ2n) is 8.33. The maximum atomic E-state index is 6.17. The van der Waals surface area contributed by atoms with Crippen LogP contribution in [0, 0.1) is 16.7 Å². The highest BCUT2D eigenvalue weighted by Gasteiger charge is 2.54. The second kappa shape index (κ2) is 4.58. The van der Waals surface area contributed by atoms with Gasteiger partial charge >= 0.3 is 0 Å². The van der Waals surface area contributed by atoms with Crippen molar-refractivity contribution < 1.29 is 4.74 Å². The Morgan fingerprint density at radius 3 is 2.60 bits per heavy atom. The van der Waals surface area contributed by atoms with Crippen LogP contribution in [0.25, 0.3) is 0 Å². The molecule has 0 amide bonds. The van der Waals surface area contributed by atoms with Crippen LogP contribution in [0.4, 0.5) is 0 Å². The molecular formula is C18H31NO. The maximum Gasteiger partial charge on any atom is 0.122 e. The van der Waals surface area contributed by atoms with Crippen LogP contribution in [0.3, 0.4) is 0 Å². The average Bonchev–Trinajstić information content (AvgIpc) is 2.80. The summed E-state index contributed by atoms with van der Waals surface area (Å²) >= 11 is 0. The lowest BCUT2D eigenvalue weighted by atomic mass is 9.55. The van der Waals surface area contributed by atoms with Crippen LogP contribution in [-0.2, 0) is 4.74 Å². The summed E-state index contributed by atoms with van der Waals surface area (Å²) in [5.41, 5.74) is 3.97. The van der Waals surface area contributed by atoms with E-state index >= 15 is 0 Å². The van der Waals surface area contributed by atoms with Gasteiger partial charge in [0.15, 0.2) is 0 Å². The Morgan fingerprint density at radius 2 is 1.95 bits per heavy atom. The van der Waals surface area contributed by atoms with Crippen molar-refractivity contribution in [2.24, 2.45) is 16.7 Å². The summed E-state index contributed by atoms with van der Waals surface area (Å²) in [6.45, 7) is 13.9. The van der Waals surface area contributed by atoms with E-state index in [4.69, 9.17) is 4.74 Å². The molecule has 3 atom stereocenters. The van der Waals surface area contributed by atoms with Crippen LogP contribution in [0.15, 0.2) is 11.1 Å². The fourth-order valence-corrected chi connectivity index (χ4v) is 4.85. The first-order valence-corrected chi connectivity index (χ1v) is 8.39. The molecule has 1 N–H and O–H groups in total. The minimum absolute atomic E-state index is 0.154. The molecule has 1 saturated heterocycles. The van der Waals surface area contributed by atoms with Gasteiger partial charge in [-0.3, -0.25) is 5.32 Å². The van der Waals surface area contributed by atoms with E-state index in [0.717, 1.165) is 13.2 Å². The minimum atomic E-state index is -0.154. The summed E-state index contributed by atoms with van der Waals surface area (Å²) in [4.78, 5) is 0. The van der Waals surface area contributed by atoms with Gasteiger partial charge in [-0.2, -0.15) is 0 Å². The monoisotopic (exact) mass is 277 g/mol. The fraction of sp³-hybridized carbons (Fsp3) is 0.889. The molecule has 0 bridgehead atoms. The standard InChI is InChI=1S/C18H31NO/c1-13-11-14-7-6-8-16(2,3)15(14)12-17(13,4)18(5)19-9-10-20-18/h13,19H,6-12H2,1-5H3/t13-,17-,18+/m1/s1. The molecule has 1 fully saturated rings. The number of nitrogens with one attached hydrogen (secondary N) is 1. The molecule has 0 radical (unpaired) electrons. The van der Waals surface area contributed by atoms with Crippen LogP contribution in [0.2, 0.25) is 0 Å². The Morgan fingerprint density at radius 1 is 1.20 bits per heavy atom. The van der Waals surface area contributed by atoms with Gasteiger partial charge in [-0.1, -0.05) is 38.8 Å². The smallest absolute Gasteiger partial charge is 0.122 e. The fourth-order valence-electron chi connectivity index (χ4n) is 4.85. The second-order valence-corrected chi connectivity index (χ2v) is 8.33. The van der Waals surface area contributed by atoms with Crippen molar-refractivity contribution in [1.82, 2.24) is 5.32 Å². The summed E-state index contributed by atoms with van der Waals surface area (Å²) in [6, 6.07) is 0. The summed E-state index contributed by atoms with van der Waals surface area (Å²) in [5.74, 6) is 0.686. The Labute approximate surface area is 124 Å². The van der Waals surface area contributed by atoms with Crippen molar-refractivity contribution in [2.75, 3.05) is 13.2 Å². The highest BCUT2D eigenvalue weighted by Crippen LogP contribution is 2.57. The number of hydrogen-bond acceptors (Lipinski definition) is 2. The Hall–Kier alpha value is -0.340. The molecule has 1 heterocycles. The van der Waals surface area contributed by atoms with Gasteiger partial charge in [0.25, 0.3) is 0 Å². The van der Waals surface area contributed by atoms with Gasteiger partial charge in [0.1, 0.15) is 5.72 Å². The zero-order valence-corrected chi connectivity index (χ0v) is 13.9. The molecule has 3 aliphatic rings. The van der Waals surface area contributed by atoms with Crippen LogP contribution < -0.4 is 5.32 Å². The lowest BCUT2D eigenvalue weighted by Crippen LogP contribution is -2.57. The van der Waals surface area contributed by atoms with E-state index < -0.39 is 0 Å². The average molecular weight is 277 g/mol. The van der Waals surface area contributed by atoms with Gasteiger partial charge in [0.2, 0.25) is 0 Å². The highest BCUT2D eigenvalue weighted by molar-refractivity contribution is 5.30. The van der Waals surface area contributed by atoms with Gasteiger partial charge in [0.05, 0.1) is 6.61 Å². The number of rotatable bonds is 1. The van der Waals surface area contributed by atoms with Crippen LogP contribution in [0.1, 0.15) is 66.7 Å². The van der Waals surface area contributed by atoms with Gasteiger partial charge < -0.3 is 4.74 Å². The lowest BCUT2D eigenvalue weighted by Gasteiger charge is -2.54. The highest BCUT2D eigenvalue weighted by atomic mass is 16.5. The van der Waals surface area contributed by atoms with Crippen molar-refractivity contribution in [2.45, 2.75) is 72.4 Å². The minimum Gasteiger partial charge on any atom is -0.359 e. The molecule has 114 valence electrons. The van der Waals surface area contributed by atoms with Crippen molar-refractivity contribution in [3.63, 3.8) is 0 Å². The number of hydrogen-bond donors (Lipinski definition) is 1. The number of ether oxygens (including phenoxy) is 1. The molecule has 2 nitrogen and oxygen atoms in total. The van der Waals surface area contributed by atoms with Crippen LogP contribution >= 0.6 is 0 Å². The lowest BCUT2D eigenvalue weighted by molar-refractivity contribution is -0.123. The molecule has 0 aromatic heterocycles. The third kappa shape index (κ3) is 1.99. The quantitative estimate of drug-likeness (QED) is 0.723. The molecule has 20 heavy (non-hydrogen) atoms. The predicted molar refractivity (Wildman–Crippen MR) is 83.5 cm³/mol. The Bertz CT molecular complexity index is 431. The maximum absolute atomic E-state index is 6.17. The van der Waals surface area contributed by atoms with Gasteiger partial charge in [-0.15, -0.1) is 0 Å². The topological polar surface area (TPSA) is 21.3 Å². The molecule has 0 aromatic rings. The summed E-state index contributed by atoms with van der Waals surface area (Å²) in [6.07, 6.45) is 6.54. The largest absolute Gasteiger partial charge is 0.359 e. The van der Waals surface area contributed by atoms with Crippen LogP contribution in [0.5, 0.6) is 0 Å². The zero-order valence-electron chi connectivity index (χ0n) is 13.9. The molecule has 0 saturated carbocycles. The first kappa shape index (κ1) is 14.6. The van der Waals surface area contributed by atoms with Gasteiger partial charge in [0, 0.05) is 12.0 Å². The van der Waals surface area contributed by atoms with Crippen molar-refractivity contribution in [3.8, 4) is 0 Å². The van der Waals surface area contributed by atoms with Crippen LogP contribution in [-0.4, -0.2) is 18.9 Å². The van der Waals surface area contributed by atoms with Gasteiger partial charge in [-0.25, -0.2) is 0 Å². The van der Waals surface area contributed by atoms with E-state index in [1.54, 1.807) is 11.1 Å². The Balaban J connectivity index is 1.98. The first-order valence-electron chi connectivity index (χ1n) is 8.39. The predicted octanol–water partition coefficient (Wildman–Crippen LogP) is 4.27.